The lowest BCUT2D eigenvalue weighted by Crippen LogP contribution is -2.14. The predicted molar refractivity (Wildman–Crippen MR) is 79.5 cm³/mol. The standard InChI is InChI=1S/C13H19BrN2O4/c1-18-5-2-6-19-7-8-20-10-3-4-11(12(14)9-10)13(15)16-17/h3-4,9,17H,2,5-8H2,1H3,(H2,15,16). The monoisotopic (exact) mass is 346 g/mol. The van der Waals surface area contributed by atoms with Crippen molar-refractivity contribution in [2.24, 2.45) is 10.9 Å². The highest BCUT2D eigenvalue weighted by atomic mass is 79.9. The van der Waals surface area contributed by atoms with Crippen LogP contribution in [0.25, 0.3) is 0 Å². The zero-order chi connectivity index (χ0) is 14.8. The van der Waals surface area contributed by atoms with Crippen LogP contribution >= 0.6 is 15.9 Å². The van der Waals surface area contributed by atoms with E-state index < -0.39 is 0 Å². The maximum atomic E-state index is 8.63. The van der Waals surface area contributed by atoms with E-state index in [2.05, 4.69) is 21.1 Å². The van der Waals surface area contributed by atoms with Gasteiger partial charge in [-0.3, -0.25) is 0 Å². The summed E-state index contributed by atoms with van der Waals surface area (Å²) < 4.78 is 16.5. The minimum absolute atomic E-state index is 0.0462. The molecule has 20 heavy (non-hydrogen) atoms. The number of nitrogens with zero attached hydrogens (tertiary/aromatic N) is 1. The molecule has 0 bridgehead atoms. The van der Waals surface area contributed by atoms with Crippen molar-refractivity contribution in [3.8, 4) is 5.75 Å². The first-order chi connectivity index (χ1) is 9.69. The number of nitrogens with two attached hydrogens (primary N) is 1. The van der Waals surface area contributed by atoms with Gasteiger partial charge in [0.05, 0.1) is 6.61 Å². The van der Waals surface area contributed by atoms with Crippen LogP contribution in [0.3, 0.4) is 0 Å². The van der Waals surface area contributed by atoms with Gasteiger partial charge in [0.15, 0.2) is 5.84 Å². The molecule has 0 spiro atoms. The van der Waals surface area contributed by atoms with Crippen LogP contribution in [-0.2, 0) is 9.47 Å². The highest BCUT2D eigenvalue weighted by Gasteiger charge is 2.06. The largest absolute Gasteiger partial charge is 0.491 e. The molecule has 112 valence electrons. The highest BCUT2D eigenvalue weighted by Crippen LogP contribution is 2.22. The van der Waals surface area contributed by atoms with Crippen LogP contribution < -0.4 is 10.5 Å². The maximum absolute atomic E-state index is 8.63. The van der Waals surface area contributed by atoms with Crippen molar-refractivity contribution in [3.63, 3.8) is 0 Å². The quantitative estimate of drug-likeness (QED) is 0.235. The third kappa shape index (κ3) is 5.77. The molecule has 0 heterocycles. The minimum atomic E-state index is 0.0462. The number of ether oxygens (including phenoxy) is 3. The number of halogens is 1. The second-order valence-corrected chi connectivity index (χ2v) is 4.79. The third-order valence-corrected chi connectivity index (χ3v) is 3.11. The molecule has 0 aromatic heterocycles. The fraction of sp³-hybridized carbons (Fsp3) is 0.462. The van der Waals surface area contributed by atoms with E-state index in [9.17, 15) is 0 Å². The molecule has 3 N–H and O–H groups in total. The summed E-state index contributed by atoms with van der Waals surface area (Å²) in [6.45, 7) is 2.33. The molecule has 7 heteroatoms. The number of oxime groups is 1. The van der Waals surface area contributed by atoms with E-state index in [1.54, 1.807) is 25.3 Å². The van der Waals surface area contributed by atoms with Gasteiger partial charge in [0.2, 0.25) is 0 Å². The van der Waals surface area contributed by atoms with E-state index in [0.29, 0.717) is 42.2 Å². The summed E-state index contributed by atoms with van der Waals surface area (Å²) in [4.78, 5) is 0. The normalized spacial score (nSPS) is 11.6. The van der Waals surface area contributed by atoms with Gasteiger partial charge in [-0.2, -0.15) is 0 Å². The Balaban J connectivity index is 2.33. The Morgan fingerprint density at radius 3 is 2.75 bits per heavy atom. The van der Waals surface area contributed by atoms with E-state index in [0.717, 1.165) is 6.42 Å². The van der Waals surface area contributed by atoms with Gasteiger partial charge in [0, 0.05) is 30.4 Å². The molecule has 0 saturated carbocycles. The Morgan fingerprint density at radius 2 is 2.10 bits per heavy atom. The molecule has 1 aromatic rings. The average molecular weight is 347 g/mol. The molecule has 0 saturated heterocycles. The summed E-state index contributed by atoms with van der Waals surface area (Å²) >= 11 is 3.34. The van der Waals surface area contributed by atoms with Crippen LogP contribution in [-0.4, -0.2) is 44.6 Å². The average Bonchev–Trinajstić information content (AvgIpc) is 2.45. The van der Waals surface area contributed by atoms with Gasteiger partial charge in [-0.25, -0.2) is 0 Å². The fourth-order valence-electron chi connectivity index (χ4n) is 1.47. The number of benzene rings is 1. The topological polar surface area (TPSA) is 86.3 Å². The van der Waals surface area contributed by atoms with Crippen LogP contribution in [0, 0.1) is 0 Å². The second-order valence-electron chi connectivity index (χ2n) is 3.93. The van der Waals surface area contributed by atoms with Gasteiger partial charge < -0.3 is 25.2 Å². The van der Waals surface area contributed by atoms with Crippen molar-refractivity contribution in [1.82, 2.24) is 0 Å². The molecule has 0 aliphatic rings. The van der Waals surface area contributed by atoms with Crippen molar-refractivity contribution >= 4 is 21.8 Å². The molecule has 1 rings (SSSR count). The molecule has 0 unspecified atom stereocenters. The Bertz CT molecular complexity index is 440. The van der Waals surface area contributed by atoms with E-state index in [1.807, 2.05) is 0 Å². The van der Waals surface area contributed by atoms with Crippen molar-refractivity contribution < 1.29 is 19.4 Å². The molecular weight excluding hydrogens is 328 g/mol. The highest BCUT2D eigenvalue weighted by molar-refractivity contribution is 9.10. The maximum Gasteiger partial charge on any atom is 0.171 e. The lowest BCUT2D eigenvalue weighted by atomic mass is 10.2. The Morgan fingerprint density at radius 1 is 1.30 bits per heavy atom. The van der Waals surface area contributed by atoms with Gasteiger partial charge in [0.1, 0.15) is 12.4 Å². The predicted octanol–water partition coefficient (Wildman–Crippen LogP) is 1.98. The molecule has 1 aromatic carbocycles. The lowest BCUT2D eigenvalue weighted by Gasteiger charge is -2.09. The van der Waals surface area contributed by atoms with Gasteiger partial charge in [-0.1, -0.05) is 5.16 Å². The summed E-state index contributed by atoms with van der Waals surface area (Å²) in [5.74, 6) is 0.733. The van der Waals surface area contributed by atoms with Gasteiger partial charge >= 0.3 is 0 Å². The number of hydrogen-bond acceptors (Lipinski definition) is 5. The zero-order valence-electron chi connectivity index (χ0n) is 11.3. The Hall–Kier alpha value is -1.31. The molecular formula is C13H19BrN2O4. The number of amidine groups is 1. The summed E-state index contributed by atoms with van der Waals surface area (Å²) in [7, 11) is 1.67. The van der Waals surface area contributed by atoms with Crippen LogP contribution in [0.15, 0.2) is 27.8 Å². The fourth-order valence-corrected chi connectivity index (χ4v) is 2.03. The van der Waals surface area contributed by atoms with Crippen molar-refractivity contribution in [1.29, 1.82) is 0 Å². The molecule has 6 nitrogen and oxygen atoms in total. The summed E-state index contributed by atoms with van der Waals surface area (Å²) in [5, 5.41) is 11.6. The second kappa shape index (κ2) is 9.57. The van der Waals surface area contributed by atoms with E-state index in [1.165, 1.54) is 0 Å². The SMILES string of the molecule is COCCCOCCOc1ccc(/C(N)=N/O)c(Br)c1. The van der Waals surface area contributed by atoms with E-state index in [4.69, 9.17) is 25.2 Å². The van der Waals surface area contributed by atoms with E-state index in [-0.39, 0.29) is 5.84 Å². The molecule has 0 aliphatic heterocycles. The van der Waals surface area contributed by atoms with Crippen LogP contribution in [0.1, 0.15) is 12.0 Å². The lowest BCUT2D eigenvalue weighted by molar-refractivity contribution is 0.0806. The summed E-state index contributed by atoms with van der Waals surface area (Å²) in [6.07, 6.45) is 0.872. The zero-order valence-corrected chi connectivity index (χ0v) is 12.9. The van der Waals surface area contributed by atoms with Crippen molar-refractivity contribution in [2.75, 3.05) is 33.5 Å². The van der Waals surface area contributed by atoms with Crippen LogP contribution in [0.2, 0.25) is 0 Å². The molecule has 0 aliphatic carbocycles. The van der Waals surface area contributed by atoms with Crippen LogP contribution in [0.5, 0.6) is 5.75 Å². The molecule has 0 atom stereocenters. The van der Waals surface area contributed by atoms with Crippen molar-refractivity contribution in [2.45, 2.75) is 6.42 Å². The minimum Gasteiger partial charge on any atom is -0.491 e. The van der Waals surface area contributed by atoms with Gasteiger partial charge in [-0.05, 0) is 40.5 Å². The first kappa shape index (κ1) is 16.7. The summed E-state index contributed by atoms with van der Waals surface area (Å²) in [6, 6.07) is 5.23. The van der Waals surface area contributed by atoms with E-state index >= 15 is 0 Å². The van der Waals surface area contributed by atoms with Gasteiger partial charge in [-0.15, -0.1) is 0 Å². The molecule has 0 amide bonds. The smallest absolute Gasteiger partial charge is 0.171 e. The Labute approximate surface area is 126 Å². The first-order valence-electron chi connectivity index (χ1n) is 6.16. The van der Waals surface area contributed by atoms with Crippen molar-refractivity contribution in [3.05, 3.63) is 28.2 Å². The number of methoxy groups -OCH3 is 1. The molecule has 0 radical (unpaired) electrons. The van der Waals surface area contributed by atoms with Crippen LogP contribution in [0.4, 0.5) is 0 Å². The Kier molecular flexibility index (Phi) is 8.01. The number of hydrogen-bond donors (Lipinski definition) is 2. The van der Waals surface area contributed by atoms with Gasteiger partial charge in [0.25, 0.3) is 0 Å². The first-order valence-corrected chi connectivity index (χ1v) is 6.95. The molecule has 0 fully saturated rings. The summed E-state index contributed by atoms with van der Waals surface area (Å²) in [5.41, 5.74) is 6.13. The third-order valence-electron chi connectivity index (χ3n) is 2.46. The number of rotatable bonds is 9.